The molecule has 0 aliphatic carbocycles. The summed E-state index contributed by atoms with van der Waals surface area (Å²) in [4.78, 5) is 0. The fraction of sp³-hybridized carbons (Fsp3) is 0.125. The molecule has 0 spiro atoms. The Hall–Kier alpha value is -0.830. The second-order valence-corrected chi connectivity index (χ2v) is 6.59. The van der Waals surface area contributed by atoms with Crippen molar-refractivity contribution in [3.8, 4) is 0 Å². The topological polar surface area (TPSA) is 0 Å². The number of aryl methyl sites for hydroxylation is 1. The van der Waals surface area contributed by atoms with Gasteiger partial charge in [-0.15, -0.1) is 11.6 Å². The molecule has 0 fully saturated rings. The van der Waals surface area contributed by atoms with E-state index in [1.54, 1.807) is 11.3 Å². The van der Waals surface area contributed by atoms with Crippen LogP contribution in [0.1, 0.15) is 22.1 Å². The largest absolute Gasteiger partial charge is 0.152 e. The number of rotatable bonds is 2. The molecule has 0 N–H and O–H groups in total. The van der Waals surface area contributed by atoms with Crippen LogP contribution in [-0.4, -0.2) is 0 Å². The molecule has 2 aromatic carbocycles. The first-order valence-electron chi connectivity index (χ1n) is 6.02. The Labute approximate surface area is 130 Å². The number of hydrogen-bond acceptors (Lipinski definition) is 1. The summed E-state index contributed by atoms with van der Waals surface area (Å²) in [6, 6.07) is 12.5. The molecular formula is C16H12BrClS. The van der Waals surface area contributed by atoms with Crippen LogP contribution >= 0.6 is 38.9 Å². The Kier molecular flexibility index (Phi) is 3.66. The lowest BCUT2D eigenvalue weighted by molar-refractivity contribution is 1.15. The summed E-state index contributed by atoms with van der Waals surface area (Å²) in [6.45, 7) is 2.11. The number of benzene rings is 2. The molecule has 3 heteroatoms. The zero-order valence-corrected chi connectivity index (χ0v) is 13.5. The molecule has 1 heterocycles. The number of hydrogen-bond donors (Lipinski definition) is 0. The van der Waals surface area contributed by atoms with Gasteiger partial charge in [-0.25, -0.2) is 0 Å². The number of halogens is 2. The van der Waals surface area contributed by atoms with Crippen molar-refractivity contribution < 1.29 is 0 Å². The summed E-state index contributed by atoms with van der Waals surface area (Å²) >= 11 is 12.0. The van der Waals surface area contributed by atoms with Crippen molar-refractivity contribution in [3.05, 3.63) is 68.3 Å². The smallest absolute Gasteiger partial charge is 0.0852 e. The molecule has 1 aromatic heterocycles. The first-order valence-corrected chi connectivity index (χ1v) is 8.19. The van der Waals surface area contributed by atoms with Crippen molar-refractivity contribution in [1.29, 1.82) is 0 Å². The van der Waals surface area contributed by atoms with Gasteiger partial charge in [0.15, 0.2) is 0 Å². The second-order valence-electron chi connectivity index (χ2n) is 4.55. The fourth-order valence-electron chi connectivity index (χ4n) is 2.30. The number of alkyl halides is 1. The Morgan fingerprint density at radius 2 is 1.74 bits per heavy atom. The van der Waals surface area contributed by atoms with E-state index < -0.39 is 0 Å². The third kappa shape index (κ3) is 2.33. The van der Waals surface area contributed by atoms with Gasteiger partial charge in [-0.3, -0.25) is 0 Å². The van der Waals surface area contributed by atoms with Crippen LogP contribution in [0, 0.1) is 6.92 Å². The highest BCUT2D eigenvalue weighted by molar-refractivity contribution is 9.10. The van der Waals surface area contributed by atoms with Gasteiger partial charge in [-0.2, -0.15) is 11.3 Å². The molecule has 0 saturated heterocycles. The van der Waals surface area contributed by atoms with Gasteiger partial charge in [0.05, 0.1) is 5.38 Å². The van der Waals surface area contributed by atoms with Crippen LogP contribution in [0.3, 0.4) is 0 Å². The van der Waals surface area contributed by atoms with Crippen molar-refractivity contribution in [2.75, 3.05) is 0 Å². The normalized spacial score (nSPS) is 12.8. The Bertz CT molecular complexity index is 732. The SMILES string of the molecule is Cc1cscc1C(Cl)c1ccc(Br)c2ccccc12. The second kappa shape index (κ2) is 5.28. The third-order valence-electron chi connectivity index (χ3n) is 3.35. The van der Waals surface area contributed by atoms with Crippen LogP contribution in [0.4, 0.5) is 0 Å². The molecule has 3 aromatic rings. The maximum Gasteiger partial charge on any atom is 0.0852 e. The summed E-state index contributed by atoms with van der Waals surface area (Å²) in [5.74, 6) is 0. The standard InChI is InChI=1S/C16H12BrClS/c1-10-8-19-9-14(10)16(18)13-6-7-15(17)12-5-3-2-4-11(12)13/h2-9,16H,1H3. The lowest BCUT2D eigenvalue weighted by atomic mass is 9.98. The van der Waals surface area contributed by atoms with Gasteiger partial charge < -0.3 is 0 Å². The number of thiophene rings is 1. The van der Waals surface area contributed by atoms with E-state index in [9.17, 15) is 0 Å². The highest BCUT2D eigenvalue weighted by Crippen LogP contribution is 2.38. The fourth-order valence-corrected chi connectivity index (χ4v) is 4.16. The zero-order chi connectivity index (χ0) is 13.4. The molecule has 1 unspecified atom stereocenters. The van der Waals surface area contributed by atoms with E-state index in [2.05, 4.69) is 70.0 Å². The van der Waals surface area contributed by atoms with E-state index >= 15 is 0 Å². The zero-order valence-electron chi connectivity index (χ0n) is 10.4. The maximum absolute atomic E-state index is 6.70. The summed E-state index contributed by atoms with van der Waals surface area (Å²) in [7, 11) is 0. The Morgan fingerprint density at radius 3 is 2.42 bits per heavy atom. The van der Waals surface area contributed by atoms with Crippen molar-refractivity contribution in [2.45, 2.75) is 12.3 Å². The van der Waals surface area contributed by atoms with Crippen LogP contribution in [-0.2, 0) is 0 Å². The van der Waals surface area contributed by atoms with Gasteiger partial charge in [0.1, 0.15) is 0 Å². The van der Waals surface area contributed by atoms with Crippen molar-refractivity contribution in [1.82, 2.24) is 0 Å². The molecule has 0 saturated carbocycles. The van der Waals surface area contributed by atoms with Crippen LogP contribution in [0.25, 0.3) is 10.8 Å². The molecule has 0 aliphatic heterocycles. The number of fused-ring (bicyclic) bond motifs is 1. The van der Waals surface area contributed by atoms with E-state index in [-0.39, 0.29) is 5.38 Å². The van der Waals surface area contributed by atoms with Gasteiger partial charge in [0.25, 0.3) is 0 Å². The average Bonchev–Trinajstić information content (AvgIpc) is 2.85. The molecule has 1 atom stereocenters. The quantitative estimate of drug-likeness (QED) is 0.475. The van der Waals surface area contributed by atoms with Gasteiger partial charge >= 0.3 is 0 Å². The van der Waals surface area contributed by atoms with Crippen LogP contribution in [0.2, 0.25) is 0 Å². The molecule has 19 heavy (non-hydrogen) atoms. The summed E-state index contributed by atoms with van der Waals surface area (Å²) in [6.07, 6.45) is 0. The van der Waals surface area contributed by atoms with Gasteiger partial charge in [0.2, 0.25) is 0 Å². The Morgan fingerprint density at radius 1 is 1.00 bits per heavy atom. The van der Waals surface area contributed by atoms with Crippen molar-refractivity contribution >= 4 is 49.6 Å². The molecule has 3 rings (SSSR count). The van der Waals surface area contributed by atoms with Crippen LogP contribution in [0.5, 0.6) is 0 Å². The first kappa shape index (κ1) is 13.2. The van der Waals surface area contributed by atoms with Gasteiger partial charge in [-0.05, 0) is 51.2 Å². The van der Waals surface area contributed by atoms with Crippen molar-refractivity contribution in [2.24, 2.45) is 0 Å². The van der Waals surface area contributed by atoms with Gasteiger partial charge in [0, 0.05) is 4.47 Å². The first-order chi connectivity index (χ1) is 9.18. The molecule has 0 aliphatic rings. The lowest BCUT2D eigenvalue weighted by Gasteiger charge is -2.14. The molecule has 0 amide bonds. The van der Waals surface area contributed by atoms with Crippen molar-refractivity contribution in [3.63, 3.8) is 0 Å². The highest BCUT2D eigenvalue weighted by Gasteiger charge is 2.17. The van der Waals surface area contributed by atoms with E-state index in [1.807, 2.05) is 0 Å². The summed E-state index contributed by atoms with van der Waals surface area (Å²) in [5, 5.41) is 6.61. The molecular weight excluding hydrogens is 340 g/mol. The predicted molar refractivity (Wildman–Crippen MR) is 88.4 cm³/mol. The molecule has 0 nitrogen and oxygen atoms in total. The minimum atomic E-state index is -0.0933. The van der Waals surface area contributed by atoms with Gasteiger partial charge in [-0.1, -0.05) is 46.3 Å². The molecule has 0 bridgehead atoms. The molecule has 0 radical (unpaired) electrons. The third-order valence-corrected chi connectivity index (χ3v) is 5.39. The van der Waals surface area contributed by atoms with Crippen LogP contribution < -0.4 is 0 Å². The minimum absolute atomic E-state index is 0.0933. The maximum atomic E-state index is 6.70. The molecule has 96 valence electrons. The van der Waals surface area contributed by atoms with E-state index in [4.69, 9.17) is 11.6 Å². The van der Waals surface area contributed by atoms with E-state index in [0.717, 1.165) is 4.47 Å². The minimum Gasteiger partial charge on any atom is -0.152 e. The van der Waals surface area contributed by atoms with E-state index in [0.29, 0.717) is 0 Å². The lowest BCUT2D eigenvalue weighted by Crippen LogP contribution is -1.95. The monoisotopic (exact) mass is 350 g/mol. The summed E-state index contributed by atoms with van der Waals surface area (Å²) in [5.41, 5.74) is 3.64. The van der Waals surface area contributed by atoms with E-state index in [1.165, 1.54) is 27.5 Å². The average molecular weight is 352 g/mol. The predicted octanol–water partition coefficient (Wildman–Crippen LogP) is 6.30. The van der Waals surface area contributed by atoms with Crippen LogP contribution in [0.15, 0.2) is 51.6 Å². The Balaban J connectivity index is 2.21. The highest BCUT2D eigenvalue weighted by atomic mass is 79.9. The summed E-state index contributed by atoms with van der Waals surface area (Å²) < 4.78 is 1.11.